The Morgan fingerprint density at radius 3 is 2.74 bits per heavy atom. The number of carbonyl (C=O) groups is 1. The molecule has 0 aliphatic heterocycles. The largest absolute Gasteiger partial charge is 0.482 e. The van der Waals surface area contributed by atoms with Gasteiger partial charge in [-0.3, -0.25) is 0 Å². The van der Waals surface area contributed by atoms with Gasteiger partial charge in [-0.1, -0.05) is 12.1 Å². The first kappa shape index (κ1) is 18.3. The average Bonchev–Trinajstić information content (AvgIpc) is 2.67. The molecule has 0 radical (unpaired) electrons. The standard InChI is InChI=1S/C18H19N5O4/c1-3-25-14(24)10-27-12-7-5-6-11(8-12)13-9-20-16-15(21-13)17(26-4-2)23-18(19)22-16/h5-9H,3-4,10H2,1-2H3,(H2,19,20,22,23). The molecular formula is C18H19N5O4. The summed E-state index contributed by atoms with van der Waals surface area (Å²) in [6.45, 7) is 4.14. The summed E-state index contributed by atoms with van der Waals surface area (Å²) >= 11 is 0. The smallest absolute Gasteiger partial charge is 0.344 e. The van der Waals surface area contributed by atoms with Crippen molar-refractivity contribution in [3.63, 3.8) is 0 Å². The molecule has 2 heterocycles. The number of anilines is 1. The maximum absolute atomic E-state index is 11.4. The lowest BCUT2D eigenvalue weighted by molar-refractivity contribution is -0.145. The number of rotatable bonds is 7. The third kappa shape index (κ3) is 4.38. The third-order valence-corrected chi connectivity index (χ3v) is 3.47. The van der Waals surface area contributed by atoms with Crippen LogP contribution in [0.5, 0.6) is 11.6 Å². The van der Waals surface area contributed by atoms with E-state index in [1.165, 1.54) is 0 Å². The van der Waals surface area contributed by atoms with Gasteiger partial charge in [-0.2, -0.15) is 9.97 Å². The number of benzene rings is 1. The third-order valence-electron chi connectivity index (χ3n) is 3.47. The first-order valence-electron chi connectivity index (χ1n) is 8.42. The first-order valence-corrected chi connectivity index (χ1v) is 8.42. The number of hydrogen-bond acceptors (Lipinski definition) is 9. The van der Waals surface area contributed by atoms with Crippen molar-refractivity contribution in [2.24, 2.45) is 0 Å². The van der Waals surface area contributed by atoms with Crippen LogP contribution in [-0.2, 0) is 9.53 Å². The summed E-state index contributed by atoms with van der Waals surface area (Å²) in [5.74, 6) is 0.442. The van der Waals surface area contributed by atoms with Gasteiger partial charge in [0.25, 0.3) is 0 Å². The molecule has 0 aliphatic rings. The molecule has 3 aromatic rings. The Hall–Kier alpha value is -3.49. The van der Waals surface area contributed by atoms with Gasteiger partial charge in [0.1, 0.15) is 5.75 Å². The summed E-state index contributed by atoms with van der Waals surface area (Å²) < 4.78 is 15.8. The summed E-state index contributed by atoms with van der Waals surface area (Å²) in [6.07, 6.45) is 1.58. The van der Waals surface area contributed by atoms with Crippen molar-refractivity contribution in [2.45, 2.75) is 13.8 Å². The minimum atomic E-state index is -0.426. The summed E-state index contributed by atoms with van der Waals surface area (Å²) in [6, 6.07) is 7.15. The van der Waals surface area contributed by atoms with E-state index in [1.807, 2.05) is 13.0 Å². The maximum atomic E-state index is 11.4. The van der Waals surface area contributed by atoms with Gasteiger partial charge < -0.3 is 19.9 Å². The summed E-state index contributed by atoms with van der Waals surface area (Å²) in [7, 11) is 0. The first-order chi connectivity index (χ1) is 13.1. The fourth-order valence-corrected chi connectivity index (χ4v) is 2.37. The molecule has 9 heteroatoms. The molecule has 0 atom stereocenters. The van der Waals surface area contributed by atoms with Crippen molar-refractivity contribution in [1.29, 1.82) is 0 Å². The Balaban J connectivity index is 1.91. The number of carbonyl (C=O) groups excluding carboxylic acids is 1. The van der Waals surface area contributed by atoms with Crippen LogP contribution < -0.4 is 15.2 Å². The van der Waals surface area contributed by atoms with E-state index in [0.717, 1.165) is 5.56 Å². The van der Waals surface area contributed by atoms with Crippen molar-refractivity contribution < 1.29 is 19.0 Å². The molecule has 140 valence electrons. The highest BCUT2D eigenvalue weighted by molar-refractivity contribution is 5.79. The second kappa shape index (κ2) is 8.26. The number of nitrogens with two attached hydrogens (primary N) is 1. The maximum Gasteiger partial charge on any atom is 0.344 e. The van der Waals surface area contributed by atoms with Crippen molar-refractivity contribution in [2.75, 3.05) is 25.6 Å². The zero-order chi connectivity index (χ0) is 19.2. The predicted octanol–water partition coefficient (Wildman–Crippen LogP) is 2.01. The number of ether oxygens (including phenoxy) is 3. The van der Waals surface area contributed by atoms with Gasteiger partial charge >= 0.3 is 5.97 Å². The van der Waals surface area contributed by atoms with E-state index >= 15 is 0 Å². The second-order valence-corrected chi connectivity index (χ2v) is 5.37. The number of esters is 1. The van der Waals surface area contributed by atoms with Crippen molar-refractivity contribution in [3.05, 3.63) is 30.5 Å². The van der Waals surface area contributed by atoms with E-state index in [-0.39, 0.29) is 18.4 Å². The molecule has 0 fully saturated rings. The molecule has 0 unspecified atom stereocenters. The van der Waals surface area contributed by atoms with E-state index in [2.05, 4.69) is 19.9 Å². The normalized spacial score (nSPS) is 10.6. The van der Waals surface area contributed by atoms with E-state index in [9.17, 15) is 4.79 Å². The molecule has 9 nitrogen and oxygen atoms in total. The molecule has 2 N–H and O–H groups in total. The van der Waals surface area contributed by atoms with E-state index in [4.69, 9.17) is 19.9 Å². The minimum Gasteiger partial charge on any atom is -0.482 e. The SMILES string of the molecule is CCOC(=O)COc1cccc(-c2cnc3nc(N)nc(OCC)c3n2)c1. The molecule has 0 saturated carbocycles. The van der Waals surface area contributed by atoms with Crippen LogP contribution in [0.4, 0.5) is 5.95 Å². The molecule has 0 amide bonds. The molecular weight excluding hydrogens is 350 g/mol. The molecule has 0 aliphatic carbocycles. The highest BCUT2D eigenvalue weighted by Gasteiger charge is 2.12. The predicted molar refractivity (Wildman–Crippen MR) is 98.3 cm³/mol. The molecule has 0 spiro atoms. The summed E-state index contributed by atoms with van der Waals surface area (Å²) in [4.78, 5) is 28.4. The van der Waals surface area contributed by atoms with Crippen molar-refractivity contribution in [1.82, 2.24) is 19.9 Å². The Labute approximate surface area is 155 Å². The Kier molecular flexibility index (Phi) is 5.60. The molecule has 0 bridgehead atoms. The second-order valence-electron chi connectivity index (χ2n) is 5.37. The van der Waals surface area contributed by atoms with Crippen LogP contribution in [0.1, 0.15) is 13.8 Å². The number of fused-ring (bicyclic) bond motifs is 1. The highest BCUT2D eigenvalue weighted by Crippen LogP contribution is 2.26. The van der Waals surface area contributed by atoms with Crippen LogP contribution in [0.3, 0.4) is 0 Å². The van der Waals surface area contributed by atoms with Crippen LogP contribution in [0.15, 0.2) is 30.5 Å². The molecule has 3 rings (SSSR count). The van der Waals surface area contributed by atoms with Crippen molar-refractivity contribution >= 4 is 23.1 Å². The van der Waals surface area contributed by atoms with Gasteiger partial charge in [0.15, 0.2) is 17.8 Å². The number of aromatic nitrogens is 4. The van der Waals surface area contributed by atoms with E-state index in [0.29, 0.717) is 35.8 Å². The van der Waals surface area contributed by atoms with Crippen LogP contribution in [-0.4, -0.2) is 45.7 Å². The Morgan fingerprint density at radius 2 is 1.96 bits per heavy atom. The highest BCUT2D eigenvalue weighted by atomic mass is 16.6. The topological polar surface area (TPSA) is 122 Å². The quantitative estimate of drug-likeness (QED) is 0.623. The Morgan fingerprint density at radius 1 is 1.11 bits per heavy atom. The fourth-order valence-electron chi connectivity index (χ4n) is 2.37. The van der Waals surface area contributed by atoms with Crippen LogP contribution >= 0.6 is 0 Å². The van der Waals surface area contributed by atoms with Gasteiger partial charge in [0, 0.05) is 5.56 Å². The van der Waals surface area contributed by atoms with Gasteiger partial charge in [0.05, 0.1) is 25.1 Å². The summed E-state index contributed by atoms with van der Waals surface area (Å²) in [5, 5.41) is 0. The Bertz CT molecular complexity index is 964. The van der Waals surface area contributed by atoms with Gasteiger partial charge in [-0.25, -0.2) is 14.8 Å². The minimum absolute atomic E-state index is 0.0716. The number of nitrogens with zero attached hydrogens (tertiary/aromatic N) is 4. The van der Waals surface area contributed by atoms with Gasteiger partial charge in [-0.15, -0.1) is 0 Å². The lowest BCUT2D eigenvalue weighted by atomic mass is 10.1. The lowest BCUT2D eigenvalue weighted by Gasteiger charge is -2.09. The molecule has 27 heavy (non-hydrogen) atoms. The summed E-state index contributed by atoms with van der Waals surface area (Å²) in [5.41, 5.74) is 7.78. The van der Waals surface area contributed by atoms with Gasteiger partial charge in [-0.05, 0) is 26.0 Å². The fraction of sp³-hybridized carbons (Fsp3) is 0.278. The van der Waals surface area contributed by atoms with E-state index < -0.39 is 5.97 Å². The zero-order valence-electron chi connectivity index (χ0n) is 15.0. The van der Waals surface area contributed by atoms with Gasteiger partial charge in [0.2, 0.25) is 11.8 Å². The van der Waals surface area contributed by atoms with Crippen molar-refractivity contribution in [3.8, 4) is 22.9 Å². The lowest BCUT2D eigenvalue weighted by Crippen LogP contribution is -2.14. The van der Waals surface area contributed by atoms with Crippen LogP contribution in [0.25, 0.3) is 22.4 Å². The monoisotopic (exact) mass is 369 g/mol. The zero-order valence-corrected chi connectivity index (χ0v) is 15.0. The number of nitrogen functional groups attached to an aromatic ring is 1. The molecule has 2 aromatic heterocycles. The molecule has 0 saturated heterocycles. The average molecular weight is 369 g/mol. The van der Waals surface area contributed by atoms with Crippen LogP contribution in [0.2, 0.25) is 0 Å². The number of hydrogen-bond donors (Lipinski definition) is 1. The van der Waals surface area contributed by atoms with E-state index in [1.54, 1.807) is 31.3 Å². The molecule has 1 aromatic carbocycles. The van der Waals surface area contributed by atoms with Crippen LogP contribution in [0, 0.1) is 0 Å².